The van der Waals surface area contributed by atoms with Gasteiger partial charge in [0.1, 0.15) is 17.1 Å². The van der Waals surface area contributed by atoms with E-state index in [0.29, 0.717) is 17.2 Å². The van der Waals surface area contributed by atoms with Gasteiger partial charge in [0.2, 0.25) is 0 Å². The Bertz CT molecular complexity index is 814. The number of ether oxygens (including phenoxy) is 2. The van der Waals surface area contributed by atoms with Crippen LogP contribution in [0.5, 0.6) is 11.5 Å². The molecule has 6 heteroatoms. The summed E-state index contributed by atoms with van der Waals surface area (Å²) in [6, 6.07) is 7.43. The summed E-state index contributed by atoms with van der Waals surface area (Å²) >= 11 is 3.49. The molecule has 0 saturated carbocycles. The Balaban J connectivity index is 2.19. The Morgan fingerprint density at radius 1 is 1.14 bits per heavy atom. The molecule has 0 atom stereocenters. The van der Waals surface area contributed by atoms with Crippen LogP contribution in [0.25, 0.3) is 16.9 Å². The van der Waals surface area contributed by atoms with Crippen LogP contribution in [0.1, 0.15) is 0 Å². The molecule has 0 aliphatic rings. The molecule has 0 amide bonds. The van der Waals surface area contributed by atoms with Crippen molar-refractivity contribution < 1.29 is 9.47 Å². The van der Waals surface area contributed by atoms with E-state index in [9.17, 15) is 0 Å². The second-order valence-electron chi connectivity index (χ2n) is 4.54. The van der Waals surface area contributed by atoms with Gasteiger partial charge in [0.05, 0.1) is 24.4 Å². The van der Waals surface area contributed by atoms with Crippen LogP contribution in [-0.4, -0.2) is 23.6 Å². The first-order valence-electron chi connectivity index (χ1n) is 6.28. The van der Waals surface area contributed by atoms with Gasteiger partial charge in [-0.25, -0.2) is 4.98 Å². The van der Waals surface area contributed by atoms with Crippen molar-refractivity contribution in [3.05, 3.63) is 41.1 Å². The molecule has 0 radical (unpaired) electrons. The number of rotatable bonds is 3. The summed E-state index contributed by atoms with van der Waals surface area (Å²) in [6.07, 6.45) is 3.82. The molecule has 1 aromatic carbocycles. The third kappa shape index (κ3) is 2.42. The van der Waals surface area contributed by atoms with Gasteiger partial charge in [-0.15, -0.1) is 0 Å². The zero-order valence-electron chi connectivity index (χ0n) is 11.6. The first kappa shape index (κ1) is 13.8. The van der Waals surface area contributed by atoms with Crippen LogP contribution in [0, 0.1) is 0 Å². The lowest BCUT2D eigenvalue weighted by Crippen LogP contribution is -1.92. The Morgan fingerprint density at radius 2 is 1.90 bits per heavy atom. The molecule has 5 nitrogen and oxygen atoms in total. The number of methoxy groups -OCH3 is 2. The summed E-state index contributed by atoms with van der Waals surface area (Å²) in [4.78, 5) is 4.59. The van der Waals surface area contributed by atoms with Crippen LogP contribution < -0.4 is 15.2 Å². The molecule has 0 bridgehead atoms. The summed E-state index contributed by atoms with van der Waals surface area (Å²) in [5.74, 6) is 1.41. The van der Waals surface area contributed by atoms with Gasteiger partial charge in [-0.05, 0) is 28.1 Å². The summed E-state index contributed by atoms with van der Waals surface area (Å²) in [6.45, 7) is 0. The highest BCUT2D eigenvalue weighted by molar-refractivity contribution is 9.10. The number of anilines is 1. The average molecular weight is 348 g/mol. The van der Waals surface area contributed by atoms with Crippen LogP contribution in [0.3, 0.4) is 0 Å². The number of imidazole rings is 1. The van der Waals surface area contributed by atoms with Gasteiger partial charge >= 0.3 is 0 Å². The number of pyridine rings is 1. The Labute approximate surface area is 130 Å². The quantitative estimate of drug-likeness (QED) is 0.788. The van der Waals surface area contributed by atoms with Crippen molar-refractivity contribution in [2.24, 2.45) is 0 Å². The molecule has 3 aromatic rings. The first-order valence-corrected chi connectivity index (χ1v) is 7.08. The van der Waals surface area contributed by atoms with Crippen LogP contribution in [0.2, 0.25) is 0 Å². The van der Waals surface area contributed by atoms with Crippen LogP contribution in [0.4, 0.5) is 5.69 Å². The van der Waals surface area contributed by atoms with Crippen molar-refractivity contribution in [2.45, 2.75) is 0 Å². The number of nitrogen functional groups attached to an aromatic ring is 1. The molecule has 0 unspecified atom stereocenters. The molecule has 2 N–H and O–H groups in total. The topological polar surface area (TPSA) is 61.8 Å². The van der Waals surface area contributed by atoms with Gasteiger partial charge in [0, 0.05) is 35.8 Å². The van der Waals surface area contributed by atoms with Crippen LogP contribution in [-0.2, 0) is 0 Å². The fourth-order valence-electron chi connectivity index (χ4n) is 2.19. The molecule has 21 heavy (non-hydrogen) atoms. The maximum Gasteiger partial charge on any atom is 0.139 e. The second kappa shape index (κ2) is 5.29. The van der Waals surface area contributed by atoms with Crippen molar-refractivity contribution in [1.82, 2.24) is 9.38 Å². The summed E-state index contributed by atoms with van der Waals surface area (Å²) in [7, 11) is 3.24. The van der Waals surface area contributed by atoms with E-state index in [1.165, 1.54) is 0 Å². The Hall–Kier alpha value is -2.21. The molecule has 0 aliphatic carbocycles. The maximum atomic E-state index is 5.79. The Kier molecular flexibility index (Phi) is 3.47. The van der Waals surface area contributed by atoms with Crippen molar-refractivity contribution in [2.75, 3.05) is 20.0 Å². The average Bonchev–Trinajstić information content (AvgIpc) is 2.89. The number of hydrogen-bond acceptors (Lipinski definition) is 4. The van der Waals surface area contributed by atoms with E-state index >= 15 is 0 Å². The number of benzene rings is 1. The van der Waals surface area contributed by atoms with E-state index in [4.69, 9.17) is 15.2 Å². The van der Waals surface area contributed by atoms with Crippen molar-refractivity contribution in [3.8, 4) is 22.8 Å². The normalized spacial score (nSPS) is 10.8. The van der Waals surface area contributed by atoms with Crippen LogP contribution in [0.15, 0.2) is 41.1 Å². The number of hydrogen-bond donors (Lipinski definition) is 1. The third-order valence-electron chi connectivity index (χ3n) is 3.23. The van der Waals surface area contributed by atoms with E-state index < -0.39 is 0 Å². The molecule has 2 aromatic heterocycles. The molecule has 2 heterocycles. The molecule has 0 aliphatic heterocycles. The zero-order chi connectivity index (χ0) is 15.0. The number of nitrogens with zero attached hydrogens (tertiary/aromatic N) is 2. The van der Waals surface area contributed by atoms with Gasteiger partial charge in [-0.1, -0.05) is 0 Å². The van der Waals surface area contributed by atoms with Gasteiger partial charge in [-0.3, -0.25) is 0 Å². The highest BCUT2D eigenvalue weighted by Gasteiger charge is 2.14. The van der Waals surface area contributed by atoms with Crippen molar-refractivity contribution in [3.63, 3.8) is 0 Å². The van der Waals surface area contributed by atoms with Crippen LogP contribution >= 0.6 is 15.9 Å². The second-order valence-corrected chi connectivity index (χ2v) is 5.39. The van der Waals surface area contributed by atoms with Gasteiger partial charge < -0.3 is 19.6 Å². The lowest BCUT2D eigenvalue weighted by Gasteiger charge is -2.10. The lowest BCUT2D eigenvalue weighted by molar-refractivity contribution is 0.393. The molecular weight excluding hydrogens is 334 g/mol. The van der Waals surface area contributed by atoms with Gasteiger partial charge in [0.25, 0.3) is 0 Å². The van der Waals surface area contributed by atoms with Crippen molar-refractivity contribution in [1.29, 1.82) is 0 Å². The fraction of sp³-hybridized carbons (Fsp3) is 0.133. The van der Waals surface area contributed by atoms with E-state index in [1.807, 2.05) is 41.1 Å². The van der Waals surface area contributed by atoms with Crippen molar-refractivity contribution >= 4 is 27.3 Å². The molecule has 0 saturated heterocycles. The number of nitrogens with two attached hydrogens (primary N) is 1. The smallest absolute Gasteiger partial charge is 0.139 e. The SMILES string of the molecule is COc1cc(OC)c(-c2cn3ccc(N)cc3n2)cc1Br. The minimum Gasteiger partial charge on any atom is -0.496 e. The molecule has 108 valence electrons. The summed E-state index contributed by atoms with van der Waals surface area (Å²) < 4.78 is 13.5. The van der Waals surface area contributed by atoms with E-state index in [2.05, 4.69) is 20.9 Å². The molecule has 0 fully saturated rings. The van der Waals surface area contributed by atoms with E-state index in [0.717, 1.165) is 21.4 Å². The minimum atomic E-state index is 0.683. The highest BCUT2D eigenvalue weighted by atomic mass is 79.9. The highest BCUT2D eigenvalue weighted by Crippen LogP contribution is 2.38. The Morgan fingerprint density at radius 3 is 2.62 bits per heavy atom. The molecule has 3 rings (SSSR count). The van der Waals surface area contributed by atoms with E-state index in [1.54, 1.807) is 14.2 Å². The monoisotopic (exact) mass is 347 g/mol. The minimum absolute atomic E-state index is 0.683. The predicted octanol–water partition coefficient (Wildman–Crippen LogP) is 3.36. The maximum absolute atomic E-state index is 5.79. The standard InChI is InChI=1S/C15H14BrN3O2/c1-20-13-7-14(21-2)11(16)6-10(13)12-8-19-4-3-9(17)5-15(19)18-12/h3-8H,17H2,1-2H3. The van der Waals surface area contributed by atoms with Gasteiger partial charge in [-0.2, -0.15) is 0 Å². The summed E-state index contributed by atoms with van der Waals surface area (Å²) in [5.41, 5.74) is 8.95. The molecular formula is C15H14BrN3O2. The summed E-state index contributed by atoms with van der Waals surface area (Å²) in [5, 5.41) is 0. The lowest BCUT2D eigenvalue weighted by atomic mass is 10.1. The first-order chi connectivity index (χ1) is 10.1. The third-order valence-corrected chi connectivity index (χ3v) is 3.85. The number of fused-ring (bicyclic) bond motifs is 1. The number of halogens is 1. The van der Waals surface area contributed by atoms with E-state index in [-0.39, 0.29) is 0 Å². The van der Waals surface area contributed by atoms with Gasteiger partial charge in [0.15, 0.2) is 0 Å². The zero-order valence-corrected chi connectivity index (χ0v) is 13.2. The molecule has 0 spiro atoms. The fourth-order valence-corrected chi connectivity index (χ4v) is 2.69. The number of aromatic nitrogens is 2. The predicted molar refractivity (Wildman–Crippen MR) is 85.8 cm³/mol. The largest absolute Gasteiger partial charge is 0.496 e.